The predicted octanol–water partition coefficient (Wildman–Crippen LogP) is 2.96. The first-order valence-corrected chi connectivity index (χ1v) is 6.82. The normalized spacial score (nSPS) is 12.1. The SMILES string of the molecule is O=C(CS(=O)c1ccccc1F)c1ccccc1F. The van der Waals surface area contributed by atoms with E-state index < -0.39 is 34.0 Å². The summed E-state index contributed by atoms with van der Waals surface area (Å²) in [5.74, 6) is -2.36. The van der Waals surface area contributed by atoms with Crippen molar-refractivity contribution in [3.05, 3.63) is 65.7 Å². The molecular formula is C14H10F2O2S. The number of rotatable bonds is 4. The highest BCUT2D eigenvalue weighted by atomic mass is 32.2. The zero-order chi connectivity index (χ0) is 13.8. The number of halogens is 2. The van der Waals surface area contributed by atoms with E-state index in [0.717, 1.165) is 6.07 Å². The third-order valence-electron chi connectivity index (χ3n) is 2.52. The molecule has 0 aromatic heterocycles. The number of benzene rings is 2. The Morgan fingerprint density at radius 2 is 1.53 bits per heavy atom. The minimum atomic E-state index is -1.83. The molecule has 2 aromatic rings. The van der Waals surface area contributed by atoms with Gasteiger partial charge in [0.2, 0.25) is 0 Å². The summed E-state index contributed by atoms with van der Waals surface area (Å²) in [6.07, 6.45) is 0. The lowest BCUT2D eigenvalue weighted by Gasteiger charge is -2.04. The van der Waals surface area contributed by atoms with Crippen LogP contribution < -0.4 is 0 Å². The summed E-state index contributed by atoms with van der Waals surface area (Å²) in [5.41, 5.74) is -0.132. The van der Waals surface area contributed by atoms with Gasteiger partial charge in [-0.1, -0.05) is 24.3 Å². The van der Waals surface area contributed by atoms with E-state index in [9.17, 15) is 17.8 Å². The molecule has 0 aliphatic rings. The van der Waals surface area contributed by atoms with Crippen LogP contribution in [0.15, 0.2) is 53.4 Å². The fraction of sp³-hybridized carbons (Fsp3) is 0.0714. The number of carbonyl (C=O) groups is 1. The molecular weight excluding hydrogens is 270 g/mol. The summed E-state index contributed by atoms with van der Waals surface area (Å²) < 4.78 is 38.7. The molecule has 0 aliphatic carbocycles. The van der Waals surface area contributed by atoms with Crippen molar-refractivity contribution in [2.75, 3.05) is 5.75 Å². The van der Waals surface area contributed by atoms with Gasteiger partial charge in [0.15, 0.2) is 5.78 Å². The Morgan fingerprint density at radius 1 is 0.947 bits per heavy atom. The fourth-order valence-corrected chi connectivity index (χ4v) is 2.66. The fourth-order valence-electron chi connectivity index (χ4n) is 1.59. The molecule has 98 valence electrons. The summed E-state index contributed by atoms with van der Waals surface area (Å²) in [4.78, 5) is 11.8. The monoisotopic (exact) mass is 280 g/mol. The van der Waals surface area contributed by atoms with Gasteiger partial charge in [0.25, 0.3) is 0 Å². The molecule has 0 saturated carbocycles. The number of Topliss-reactive ketones (excluding diaryl/α,β-unsaturated/α-hetero) is 1. The molecule has 0 aliphatic heterocycles. The second-order valence-corrected chi connectivity index (χ2v) is 5.24. The van der Waals surface area contributed by atoms with E-state index in [1.54, 1.807) is 0 Å². The van der Waals surface area contributed by atoms with E-state index in [1.807, 2.05) is 0 Å². The number of hydrogen-bond acceptors (Lipinski definition) is 2. The Morgan fingerprint density at radius 3 is 2.16 bits per heavy atom. The standard InChI is InChI=1S/C14H10F2O2S/c15-11-6-2-1-5-10(11)13(17)9-19(18)14-8-4-3-7-12(14)16/h1-8H,9H2. The lowest BCUT2D eigenvalue weighted by molar-refractivity contribution is 0.101. The average molecular weight is 280 g/mol. The van der Waals surface area contributed by atoms with Crippen LogP contribution in [0.3, 0.4) is 0 Å². The van der Waals surface area contributed by atoms with Crippen LogP contribution in [0.25, 0.3) is 0 Å². The van der Waals surface area contributed by atoms with E-state index in [1.165, 1.54) is 42.5 Å². The highest BCUT2D eigenvalue weighted by Gasteiger charge is 2.17. The van der Waals surface area contributed by atoms with Gasteiger partial charge >= 0.3 is 0 Å². The van der Waals surface area contributed by atoms with Crippen LogP contribution in [-0.4, -0.2) is 15.7 Å². The summed E-state index contributed by atoms with van der Waals surface area (Å²) in [5, 5.41) is 0. The van der Waals surface area contributed by atoms with Gasteiger partial charge in [0.05, 0.1) is 27.0 Å². The van der Waals surface area contributed by atoms with Crippen LogP contribution in [-0.2, 0) is 10.8 Å². The lowest BCUT2D eigenvalue weighted by Crippen LogP contribution is -2.13. The molecule has 1 unspecified atom stereocenters. The van der Waals surface area contributed by atoms with E-state index in [0.29, 0.717) is 0 Å². The number of carbonyl (C=O) groups excluding carboxylic acids is 1. The Labute approximate surface area is 111 Å². The molecule has 0 spiro atoms. The quantitative estimate of drug-likeness (QED) is 0.807. The molecule has 5 heteroatoms. The predicted molar refractivity (Wildman–Crippen MR) is 68.4 cm³/mol. The highest BCUT2D eigenvalue weighted by molar-refractivity contribution is 7.85. The van der Waals surface area contributed by atoms with Crippen LogP contribution in [0.4, 0.5) is 8.78 Å². The Kier molecular flexibility index (Phi) is 4.16. The van der Waals surface area contributed by atoms with Gasteiger partial charge in [-0.3, -0.25) is 9.00 Å². The third kappa shape index (κ3) is 3.12. The average Bonchev–Trinajstić information content (AvgIpc) is 2.39. The van der Waals surface area contributed by atoms with Crippen molar-refractivity contribution >= 4 is 16.6 Å². The first-order chi connectivity index (χ1) is 9.09. The van der Waals surface area contributed by atoms with Gasteiger partial charge in [0.1, 0.15) is 11.6 Å². The molecule has 0 heterocycles. The Bertz CT molecular complexity index is 585. The molecule has 2 nitrogen and oxygen atoms in total. The van der Waals surface area contributed by atoms with Crippen LogP contribution in [0.5, 0.6) is 0 Å². The molecule has 0 saturated heterocycles. The van der Waals surface area contributed by atoms with Gasteiger partial charge in [0, 0.05) is 0 Å². The van der Waals surface area contributed by atoms with Crippen LogP contribution in [0, 0.1) is 11.6 Å². The third-order valence-corrected chi connectivity index (χ3v) is 3.86. The Balaban J connectivity index is 2.19. The van der Waals surface area contributed by atoms with Crippen LogP contribution in [0.2, 0.25) is 0 Å². The molecule has 1 atom stereocenters. The number of hydrogen-bond donors (Lipinski definition) is 0. The molecule has 19 heavy (non-hydrogen) atoms. The highest BCUT2D eigenvalue weighted by Crippen LogP contribution is 2.14. The van der Waals surface area contributed by atoms with E-state index in [4.69, 9.17) is 0 Å². The van der Waals surface area contributed by atoms with Gasteiger partial charge < -0.3 is 0 Å². The van der Waals surface area contributed by atoms with Crippen molar-refractivity contribution in [1.82, 2.24) is 0 Å². The van der Waals surface area contributed by atoms with Gasteiger partial charge in [-0.2, -0.15) is 0 Å². The molecule has 0 amide bonds. The molecule has 0 bridgehead atoms. The van der Waals surface area contributed by atoms with Gasteiger partial charge in [-0.05, 0) is 24.3 Å². The van der Waals surface area contributed by atoms with Crippen LogP contribution in [0.1, 0.15) is 10.4 Å². The molecule has 0 N–H and O–H groups in total. The van der Waals surface area contributed by atoms with E-state index in [2.05, 4.69) is 0 Å². The van der Waals surface area contributed by atoms with Crippen molar-refractivity contribution in [3.63, 3.8) is 0 Å². The Hall–Kier alpha value is -1.88. The summed E-state index contributed by atoms with van der Waals surface area (Å²) >= 11 is 0. The van der Waals surface area contributed by atoms with Crippen molar-refractivity contribution in [2.45, 2.75) is 4.90 Å². The van der Waals surface area contributed by atoms with E-state index in [-0.39, 0.29) is 10.5 Å². The minimum absolute atomic E-state index is 0.0489. The summed E-state index contributed by atoms with van der Waals surface area (Å²) in [7, 11) is -1.83. The molecule has 2 aromatic carbocycles. The second kappa shape index (κ2) is 5.84. The van der Waals surface area contributed by atoms with Crippen molar-refractivity contribution < 1.29 is 17.8 Å². The smallest absolute Gasteiger partial charge is 0.178 e. The largest absolute Gasteiger partial charge is 0.293 e. The number of ketones is 1. The first-order valence-electron chi connectivity index (χ1n) is 5.50. The van der Waals surface area contributed by atoms with Crippen molar-refractivity contribution in [1.29, 1.82) is 0 Å². The summed E-state index contributed by atoms with van der Waals surface area (Å²) in [6.45, 7) is 0. The second-order valence-electron chi connectivity index (χ2n) is 3.82. The van der Waals surface area contributed by atoms with Gasteiger partial charge in [-0.25, -0.2) is 8.78 Å². The molecule has 2 rings (SSSR count). The maximum Gasteiger partial charge on any atom is 0.178 e. The first kappa shape index (κ1) is 13.5. The van der Waals surface area contributed by atoms with Crippen molar-refractivity contribution in [3.8, 4) is 0 Å². The minimum Gasteiger partial charge on any atom is -0.293 e. The zero-order valence-corrected chi connectivity index (χ0v) is 10.6. The summed E-state index contributed by atoms with van der Waals surface area (Å²) in [6, 6.07) is 11.0. The lowest BCUT2D eigenvalue weighted by atomic mass is 10.1. The zero-order valence-electron chi connectivity index (χ0n) is 9.81. The van der Waals surface area contributed by atoms with Crippen LogP contribution >= 0.6 is 0 Å². The van der Waals surface area contributed by atoms with Gasteiger partial charge in [-0.15, -0.1) is 0 Å². The molecule has 0 radical (unpaired) electrons. The van der Waals surface area contributed by atoms with Crippen molar-refractivity contribution in [2.24, 2.45) is 0 Å². The maximum absolute atomic E-state index is 13.4. The molecule has 0 fully saturated rings. The van der Waals surface area contributed by atoms with E-state index >= 15 is 0 Å². The maximum atomic E-state index is 13.4. The topological polar surface area (TPSA) is 34.1 Å².